The third-order valence-electron chi connectivity index (χ3n) is 2.20. The number of aliphatic carboxylic acids is 1. The highest BCUT2D eigenvalue weighted by molar-refractivity contribution is 5.86. The van der Waals surface area contributed by atoms with Gasteiger partial charge in [-0.2, -0.15) is 0 Å². The van der Waals surface area contributed by atoms with E-state index in [1.54, 1.807) is 20.9 Å². The van der Waals surface area contributed by atoms with Crippen molar-refractivity contribution in [1.29, 1.82) is 0 Å². The molecule has 1 unspecified atom stereocenters. The topological polar surface area (TPSA) is 87.7 Å². The minimum absolute atomic E-state index is 0.0459. The average molecular weight is 218 g/mol. The third-order valence-corrected chi connectivity index (χ3v) is 2.20. The van der Waals surface area contributed by atoms with Crippen LogP contribution in [0.5, 0.6) is 0 Å². The summed E-state index contributed by atoms with van der Waals surface area (Å²) < 4.78 is 4.67. The number of likely N-dealkylation sites (N-methyl/N-ethyl adjacent to an activating group) is 1. The highest BCUT2D eigenvalue weighted by Gasteiger charge is 2.26. The molecule has 0 fully saturated rings. The summed E-state index contributed by atoms with van der Waals surface area (Å²) in [4.78, 5) is 22.1. The van der Waals surface area contributed by atoms with E-state index in [9.17, 15) is 9.59 Å². The van der Waals surface area contributed by atoms with E-state index in [1.807, 2.05) is 0 Å². The van der Waals surface area contributed by atoms with Crippen molar-refractivity contribution < 1.29 is 19.4 Å². The molecule has 3 N–H and O–H groups in total. The van der Waals surface area contributed by atoms with Gasteiger partial charge in [0.2, 0.25) is 5.91 Å². The maximum Gasteiger partial charge on any atom is 0.334 e. The van der Waals surface area contributed by atoms with Gasteiger partial charge in [-0.3, -0.25) is 4.79 Å². The number of nitrogens with one attached hydrogen (secondary N) is 2. The van der Waals surface area contributed by atoms with Crippen molar-refractivity contribution in [2.24, 2.45) is 0 Å². The van der Waals surface area contributed by atoms with Gasteiger partial charge < -0.3 is 20.5 Å². The Labute approximate surface area is 89.0 Å². The summed E-state index contributed by atoms with van der Waals surface area (Å²) in [6.45, 7) is 3.35. The minimum Gasteiger partial charge on any atom is -0.479 e. The van der Waals surface area contributed by atoms with Crippen LogP contribution in [0, 0.1) is 0 Å². The molecule has 6 heteroatoms. The molecule has 6 nitrogen and oxygen atoms in total. The Kier molecular flexibility index (Phi) is 5.24. The summed E-state index contributed by atoms with van der Waals surface area (Å²) in [7, 11) is 2.94. The number of methoxy groups -OCH3 is 1. The number of hydrogen-bond donors (Lipinski definition) is 3. The quantitative estimate of drug-likeness (QED) is 0.543. The Morgan fingerprint density at radius 2 is 2.00 bits per heavy atom. The number of carbonyl (C=O) groups is 2. The highest BCUT2D eigenvalue weighted by Crippen LogP contribution is 2.00. The van der Waals surface area contributed by atoms with Gasteiger partial charge in [0.1, 0.15) is 0 Å². The van der Waals surface area contributed by atoms with Crippen LogP contribution in [0.25, 0.3) is 0 Å². The van der Waals surface area contributed by atoms with Crippen molar-refractivity contribution in [3.63, 3.8) is 0 Å². The summed E-state index contributed by atoms with van der Waals surface area (Å²) in [6, 6.07) is 0. The Bertz CT molecular complexity index is 240. The van der Waals surface area contributed by atoms with Crippen LogP contribution >= 0.6 is 0 Å². The van der Waals surface area contributed by atoms with E-state index < -0.39 is 17.6 Å². The Morgan fingerprint density at radius 1 is 1.47 bits per heavy atom. The van der Waals surface area contributed by atoms with Gasteiger partial charge in [-0.15, -0.1) is 0 Å². The first-order valence-electron chi connectivity index (χ1n) is 4.58. The number of amides is 1. The predicted molar refractivity (Wildman–Crippen MR) is 54.6 cm³/mol. The molecule has 0 saturated carbocycles. The van der Waals surface area contributed by atoms with Crippen LogP contribution in [-0.4, -0.2) is 49.3 Å². The van der Waals surface area contributed by atoms with Gasteiger partial charge in [0.15, 0.2) is 6.10 Å². The molecular formula is C9H18N2O4. The van der Waals surface area contributed by atoms with Crippen molar-refractivity contribution in [1.82, 2.24) is 10.6 Å². The van der Waals surface area contributed by atoms with Crippen molar-refractivity contribution in [3.05, 3.63) is 0 Å². The van der Waals surface area contributed by atoms with Gasteiger partial charge in [0.05, 0.1) is 12.1 Å². The first-order chi connectivity index (χ1) is 6.85. The molecule has 0 aromatic rings. The average Bonchev–Trinajstić information content (AvgIpc) is 2.17. The molecular weight excluding hydrogens is 200 g/mol. The van der Waals surface area contributed by atoms with Crippen molar-refractivity contribution >= 4 is 11.9 Å². The zero-order chi connectivity index (χ0) is 12.1. The van der Waals surface area contributed by atoms with Gasteiger partial charge in [-0.25, -0.2) is 4.79 Å². The van der Waals surface area contributed by atoms with E-state index in [2.05, 4.69) is 15.4 Å². The van der Waals surface area contributed by atoms with E-state index in [-0.39, 0.29) is 12.5 Å². The molecule has 0 bridgehead atoms. The second kappa shape index (κ2) is 5.67. The largest absolute Gasteiger partial charge is 0.479 e. The van der Waals surface area contributed by atoms with E-state index in [0.29, 0.717) is 0 Å². The fraction of sp³-hybridized carbons (Fsp3) is 0.778. The summed E-state index contributed by atoms with van der Waals surface area (Å²) in [6.07, 6.45) is -1.01. The van der Waals surface area contributed by atoms with Gasteiger partial charge in [0, 0.05) is 7.11 Å². The molecule has 0 heterocycles. The van der Waals surface area contributed by atoms with Crippen LogP contribution in [-0.2, 0) is 14.3 Å². The second-order valence-electron chi connectivity index (χ2n) is 3.65. The SMILES string of the molecule is CNC(C)(C)C(=O)NCC(OC)C(=O)O. The molecule has 0 spiro atoms. The van der Waals surface area contributed by atoms with Crippen LogP contribution in [0.3, 0.4) is 0 Å². The standard InChI is InChI=1S/C9H18N2O4/c1-9(2,10-3)8(14)11-5-6(15-4)7(12)13/h6,10H,5H2,1-4H3,(H,11,14)(H,12,13). The lowest BCUT2D eigenvalue weighted by molar-refractivity contribution is -0.148. The fourth-order valence-corrected chi connectivity index (χ4v) is 0.791. The molecule has 88 valence electrons. The zero-order valence-electron chi connectivity index (χ0n) is 9.46. The van der Waals surface area contributed by atoms with Gasteiger partial charge in [-0.1, -0.05) is 0 Å². The highest BCUT2D eigenvalue weighted by atomic mass is 16.5. The van der Waals surface area contributed by atoms with Crippen molar-refractivity contribution in [2.75, 3.05) is 20.7 Å². The molecule has 15 heavy (non-hydrogen) atoms. The van der Waals surface area contributed by atoms with Crippen LogP contribution in [0.1, 0.15) is 13.8 Å². The summed E-state index contributed by atoms with van der Waals surface area (Å²) in [5.41, 5.74) is -0.725. The molecule has 0 aliphatic heterocycles. The Balaban J connectivity index is 4.16. The van der Waals surface area contributed by atoms with Crippen LogP contribution in [0.2, 0.25) is 0 Å². The molecule has 0 saturated heterocycles. The maximum atomic E-state index is 11.5. The summed E-state index contributed by atoms with van der Waals surface area (Å²) >= 11 is 0. The first kappa shape index (κ1) is 13.9. The van der Waals surface area contributed by atoms with E-state index in [4.69, 9.17) is 5.11 Å². The number of ether oxygens (including phenoxy) is 1. The number of rotatable bonds is 6. The molecule has 0 rings (SSSR count). The van der Waals surface area contributed by atoms with Crippen LogP contribution in [0.4, 0.5) is 0 Å². The molecule has 1 amide bonds. The normalized spacial score (nSPS) is 13.3. The maximum absolute atomic E-state index is 11.5. The Hall–Kier alpha value is -1.14. The summed E-state index contributed by atoms with van der Waals surface area (Å²) in [5, 5.41) is 14.0. The monoisotopic (exact) mass is 218 g/mol. The van der Waals surface area contributed by atoms with Gasteiger partial charge in [0.25, 0.3) is 0 Å². The van der Waals surface area contributed by atoms with E-state index in [0.717, 1.165) is 0 Å². The lowest BCUT2D eigenvalue weighted by atomic mass is 10.1. The molecule has 0 aliphatic carbocycles. The minimum atomic E-state index is -1.10. The number of carbonyl (C=O) groups excluding carboxylic acids is 1. The van der Waals surface area contributed by atoms with Crippen molar-refractivity contribution in [3.8, 4) is 0 Å². The predicted octanol–water partition coefficient (Wildman–Crippen LogP) is -0.800. The van der Waals surface area contributed by atoms with E-state index in [1.165, 1.54) is 7.11 Å². The molecule has 0 aliphatic rings. The lowest BCUT2D eigenvalue weighted by Gasteiger charge is -2.23. The molecule has 0 radical (unpaired) electrons. The molecule has 0 aromatic heterocycles. The second-order valence-corrected chi connectivity index (χ2v) is 3.65. The van der Waals surface area contributed by atoms with Gasteiger partial charge >= 0.3 is 5.97 Å². The summed E-state index contributed by atoms with van der Waals surface area (Å²) in [5.74, 6) is -1.37. The van der Waals surface area contributed by atoms with Gasteiger partial charge in [-0.05, 0) is 20.9 Å². The molecule has 1 atom stereocenters. The number of carboxylic acid groups (broad SMARTS) is 1. The fourth-order valence-electron chi connectivity index (χ4n) is 0.791. The first-order valence-corrected chi connectivity index (χ1v) is 4.58. The van der Waals surface area contributed by atoms with E-state index >= 15 is 0 Å². The zero-order valence-corrected chi connectivity index (χ0v) is 9.46. The van der Waals surface area contributed by atoms with Crippen molar-refractivity contribution in [2.45, 2.75) is 25.5 Å². The number of carboxylic acids is 1. The van der Waals surface area contributed by atoms with Crippen LogP contribution < -0.4 is 10.6 Å². The lowest BCUT2D eigenvalue weighted by Crippen LogP contribution is -2.53. The molecule has 0 aromatic carbocycles. The number of hydrogen-bond acceptors (Lipinski definition) is 4. The van der Waals surface area contributed by atoms with Crippen LogP contribution in [0.15, 0.2) is 0 Å². The smallest absolute Gasteiger partial charge is 0.334 e. The third kappa shape index (κ3) is 4.26. The Morgan fingerprint density at radius 3 is 2.33 bits per heavy atom.